The summed E-state index contributed by atoms with van der Waals surface area (Å²) in [6.07, 6.45) is 1.48. The predicted octanol–water partition coefficient (Wildman–Crippen LogP) is 5.80. The predicted molar refractivity (Wildman–Crippen MR) is 118 cm³/mol. The van der Waals surface area contributed by atoms with Crippen LogP contribution < -0.4 is 10.2 Å². The van der Waals surface area contributed by atoms with E-state index < -0.39 is 5.91 Å². The van der Waals surface area contributed by atoms with Gasteiger partial charge in [-0.05, 0) is 48.0 Å². The molecule has 5 nitrogen and oxygen atoms in total. The van der Waals surface area contributed by atoms with Crippen molar-refractivity contribution >= 4 is 51.3 Å². The summed E-state index contributed by atoms with van der Waals surface area (Å²) in [5, 5.41) is 14.8. The highest BCUT2D eigenvalue weighted by Gasteiger charge is 2.10. The van der Waals surface area contributed by atoms with E-state index in [1.807, 2.05) is 18.2 Å². The Kier molecular flexibility index (Phi) is 7.14. The molecule has 0 aliphatic carbocycles. The zero-order valence-electron chi connectivity index (χ0n) is 14.9. The first-order chi connectivity index (χ1) is 13.9. The van der Waals surface area contributed by atoms with Gasteiger partial charge in [0.25, 0.3) is 5.91 Å². The summed E-state index contributed by atoms with van der Waals surface area (Å²) in [4.78, 5) is 12.1. The smallest absolute Gasteiger partial charge is 0.275 e. The van der Waals surface area contributed by atoms with Crippen LogP contribution in [0.2, 0.25) is 10.0 Å². The van der Waals surface area contributed by atoms with Crippen LogP contribution in [0.4, 0.5) is 0 Å². The van der Waals surface area contributed by atoms with Crippen LogP contribution in [0.5, 0.6) is 11.5 Å². The first-order valence-electron chi connectivity index (χ1n) is 8.41. The van der Waals surface area contributed by atoms with Gasteiger partial charge in [0.05, 0.1) is 11.8 Å². The van der Waals surface area contributed by atoms with E-state index in [9.17, 15) is 9.90 Å². The molecule has 0 fully saturated rings. The molecule has 1 amide bonds. The molecule has 0 saturated carbocycles. The average Bonchev–Trinajstić information content (AvgIpc) is 2.69. The maximum absolute atomic E-state index is 12.1. The highest BCUT2D eigenvalue weighted by molar-refractivity contribution is 9.10. The van der Waals surface area contributed by atoms with E-state index in [2.05, 4.69) is 26.5 Å². The highest BCUT2D eigenvalue weighted by atomic mass is 79.9. The van der Waals surface area contributed by atoms with Crippen molar-refractivity contribution in [3.63, 3.8) is 0 Å². The van der Waals surface area contributed by atoms with Crippen molar-refractivity contribution in [3.8, 4) is 11.5 Å². The first kappa shape index (κ1) is 21.2. The molecule has 8 heteroatoms. The standard InChI is InChI=1S/C21H15BrCl2N2O3/c22-15-5-7-20(27)18(9-15)21(28)26-25-11-13-2-1-3-17(8-13)29-12-14-4-6-16(23)10-19(14)24/h1-11,27H,12H2,(H,26,28)/b25-11-. The van der Waals surface area contributed by atoms with Gasteiger partial charge in [-0.3, -0.25) is 4.79 Å². The minimum absolute atomic E-state index is 0.119. The quantitative estimate of drug-likeness (QED) is 0.336. The molecule has 3 rings (SSSR count). The maximum Gasteiger partial charge on any atom is 0.275 e. The Morgan fingerprint density at radius 1 is 1.14 bits per heavy atom. The maximum atomic E-state index is 12.1. The van der Waals surface area contributed by atoms with Crippen LogP contribution in [0, 0.1) is 0 Å². The summed E-state index contributed by atoms with van der Waals surface area (Å²) in [5.41, 5.74) is 4.04. The molecule has 0 aliphatic heterocycles. The fourth-order valence-electron chi connectivity index (χ4n) is 2.40. The number of aromatic hydroxyl groups is 1. The summed E-state index contributed by atoms with van der Waals surface area (Å²) >= 11 is 15.3. The van der Waals surface area contributed by atoms with Crippen LogP contribution in [0.1, 0.15) is 21.5 Å². The summed E-state index contributed by atoms with van der Waals surface area (Å²) in [5.74, 6) is -0.0297. The fraction of sp³-hybridized carbons (Fsp3) is 0.0476. The Labute approximate surface area is 186 Å². The normalized spacial score (nSPS) is 10.9. The number of ether oxygens (including phenoxy) is 1. The van der Waals surface area contributed by atoms with E-state index in [0.29, 0.717) is 20.3 Å². The number of phenols is 1. The number of nitrogens with zero attached hydrogens (tertiary/aromatic N) is 1. The second-order valence-electron chi connectivity index (χ2n) is 5.96. The second kappa shape index (κ2) is 9.78. The van der Waals surface area contributed by atoms with Crippen LogP contribution in [0.25, 0.3) is 0 Å². The molecule has 2 N–H and O–H groups in total. The lowest BCUT2D eigenvalue weighted by atomic mass is 10.2. The van der Waals surface area contributed by atoms with Crippen molar-refractivity contribution in [2.45, 2.75) is 6.61 Å². The van der Waals surface area contributed by atoms with Crippen molar-refractivity contribution in [2.75, 3.05) is 0 Å². The Morgan fingerprint density at radius 2 is 1.97 bits per heavy atom. The van der Waals surface area contributed by atoms with Crippen LogP contribution in [0.15, 0.2) is 70.2 Å². The van der Waals surface area contributed by atoms with Crippen molar-refractivity contribution in [3.05, 3.63) is 91.9 Å². The molecule has 148 valence electrons. The number of rotatable bonds is 6. The number of amides is 1. The second-order valence-corrected chi connectivity index (χ2v) is 7.72. The van der Waals surface area contributed by atoms with Crippen LogP contribution in [-0.4, -0.2) is 17.2 Å². The van der Waals surface area contributed by atoms with Gasteiger partial charge in [0.1, 0.15) is 18.1 Å². The molecule has 0 aromatic heterocycles. The molecule has 0 bridgehead atoms. The van der Waals surface area contributed by atoms with Crippen LogP contribution >= 0.6 is 39.1 Å². The van der Waals surface area contributed by atoms with Gasteiger partial charge in [-0.25, -0.2) is 5.43 Å². The highest BCUT2D eigenvalue weighted by Crippen LogP contribution is 2.23. The van der Waals surface area contributed by atoms with E-state index in [-0.39, 0.29) is 17.9 Å². The largest absolute Gasteiger partial charge is 0.507 e. The molecule has 3 aromatic rings. The molecule has 3 aromatic carbocycles. The van der Waals surface area contributed by atoms with Gasteiger partial charge < -0.3 is 9.84 Å². The number of carbonyl (C=O) groups excluding carboxylic acids is 1. The third kappa shape index (κ3) is 5.97. The number of hydrogen-bond donors (Lipinski definition) is 2. The Balaban J connectivity index is 1.62. The molecule has 0 heterocycles. The molecule has 0 saturated heterocycles. The van der Waals surface area contributed by atoms with E-state index in [1.165, 1.54) is 18.3 Å². The Hall–Kier alpha value is -2.54. The van der Waals surface area contributed by atoms with E-state index >= 15 is 0 Å². The molecule has 0 spiro atoms. The molecule has 0 unspecified atom stereocenters. The van der Waals surface area contributed by atoms with Gasteiger partial charge >= 0.3 is 0 Å². The van der Waals surface area contributed by atoms with Gasteiger partial charge in [-0.2, -0.15) is 5.10 Å². The van der Waals surface area contributed by atoms with Crippen molar-refractivity contribution in [2.24, 2.45) is 5.10 Å². The van der Waals surface area contributed by atoms with Crippen LogP contribution in [0.3, 0.4) is 0 Å². The van der Waals surface area contributed by atoms with E-state index in [0.717, 1.165) is 11.1 Å². The Bertz CT molecular complexity index is 1070. The number of hydrazone groups is 1. The van der Waals surface area contributed by atoms with E-state index in [4.69, 9.17) is 27.9 Å². The van der Waals surface area contributed by atoms with Gasteiger partial charge in [0, 0.05) is 20.1 Å². The third-order valence-electron chi connectivity index (χ3n) is 3.85. The monoisotopic (exact) mass is 492 g/mol. The number of nitrogens with one attached hydrogen (secondary N) is 1. The molecular formula is C21H15BrCl2N2O3. The van der Waals surface area contributed by atoms with Gasteiger partial charge in [-0.1, -0.05) is 57.3 Å². The zero-order valence-corrected chi connectivity index (χ0v) is 18.0. The lowest BCUT2D eigenvalue weighted by Crippen LogP contribution is -2.17. The summed E-state index contributed by atoms with van der Waals surface area (Å²) in [6, 6.07) is 17.0. The van der Waals surface area contributed by atoms with Gasteiger partial charge in [-0.15, -0.1) is 0 Å². The molecular weight excluding hydrogens is 479 g/mol. The summed E-state index contributed by atoms with van der Waals surface area (Å²) < 4.78 is 6.44. The topological polar surface area (TPSA) is 70.9 Å². The minimum Gasteiger partial charge on any atom is -0.507 e. The first-order valence-corrected chi connectivity index (χ1v) is 9.96. The van der Waals surface area contributed by atoms with Gasteiger partial charge in [0.15, 0.2) is 0 Å². The van der Waals surface area contributed by atoms with Crippen LogP contribution in [-0.2, 0) is 6.61 Å². The number of phenolic OH excluding ortho intramolecular Hbond substituents is 1. The summed E-state index contributed by atoms with van der Waals surface area (Å²) in [7, 11) is 0. The molecule has 0 atom stereocenters. The fourth-order valence-corrected chi connectivity index (χ4v) is 3.22. The van der Waals surface area contributed by atoms with E-state index in [1.54, 1.807) is 30.3 Å². The number of halogens is 3. The van der Waals surface area contributed by atoms with Crippen molar-refractivity contribution < 1.29 is 14.6 Å². The van der Waals surface area contributed by atoms with Gasteiger partial charge in [0.2, 0.25) is 0 Å². The lowest BCUT2D eigenvalue weighted by Gasteiger charge is -2.08. The number of carbonyl (C=O) groups is 1. The average molecular weight is 494 g/mol. The molecule has 0 aliphatic rings. The van der Waals surface area contributed by atoms with Crippen molar-refractivity contribution in [1.82, 2.24) is 5.43 Å². The zero-order chi connectivity index (χ0) is 20.8. The SMILES string of the molecule is O=C(N/N=C\c1cccc(OCc2ccc(Cl)cc2Cl)c1)c1cc(Br)ccc1O. The lowest BCUT2D eigenvalue weighted by molar-refractivity contribution is 0.0952. The Morgan fingerprint density at radius 3 is 2.76 bits per heavy atom. The third-order valence-corrected chi connectivity index (χ3v) is 4.93. The molecule has 29 heavy (non-hydrogen) atoms. The summed E-state index contributed by atoms with van der Waals surface area (Å²) in [6.45, 7) is 0.287. The minimum atomic E-state index is -0.523. The molecule has 0 radical (unpaired) electrons. The van der Waals surface area contributed by atoms with Crippen molar-refractivity contribution in [1.29, 1.82) is 0 Å². The number of hydrogen-bond acceptors (Lipinski definition) is 4. The number of benzene rings is 3.